The highest BCUT2D eigenvalue weighted by molar-refractivity contribution is 6.02. The monoisotopic (exact) mass is 295 g/mol. The van der Waals surface area contributed by atoms with Gasteiger partial charge in [-0.15, -0.1) is 0 Å². The zero-order valence-electron chi connectivity index (χ0n) is 12.8. The average molecular weight is 295 g/mol. The van der Waals surface area contributed by atoms with Gasteiger partial charge in [0.25, 0.3) is 0 Å². The van der Waals surface area contributed by atoms with Crippen molar-refractivity contribution in [2.45, 2.75) is 6.54 Å². The third-order valence-corrected chi connectivity index (χ3v) is 4.17. The van der Waals surface area contributed by atoms with E-state index in [4.69, 9.17) is 0 Å². The maximum Gasteiger partial charge on any atom is 0.0652 e. The molecule has 0 saturated heterocycles. The van der Waals surface area contributed by atoms with Crippen LogP contribution in [0, 0.1) is 0 Å². The minimum atomic E-state index is 0.691. The van der Waals surface area contributed by atoms with Crippen molar-refractivity contribution in [2.24, 2.45) is 4.99 Å². The Morgan fingerprint density at radius 2 is 1.22 bits per heavy atom. The van der Waals surface area contributed by atoms with Crippen molar-refractivity contribution in [1.82, 2.24) is 0 Å². The van der Waals surface area contributed by atoms with E-state index in [1.807, 2.05) is 24.4 Å². The molecule has 0 radical (unpaired) electrons. The summed E-state index contributed by atoms with van der Waals surface area (Å²) in [4.78, 5) is 4.69. The molecule has 0 saturated carbocycles. The van der Waals surface area contributed by atoms with Crippen LogP contribution in [0.3, 0.4) is 0 Å². The van der Waals surface area contributed by atoms with Crippen LogP contribution in [0.1, 0.15) is 11.1 Å². The van der Waals surface area contributed by atoms with Crippen LogP contribution < -0.4 is 0 Å². The van der Waals surface area contributed by atoms with Crippen LogP contribution in [0.5, 0.6) is 0 Å². The van der Waals surface area contributed by atoms with E-state index in [1.165, 1.54) is 27.1 Å². The molecule has 0 aliphatic heterocycles. The van der Waals surface area contributed by atoms with E-state index in [0.29, 0.717) is 6.54 Å². The quantitative estimate of drug-likeness (QED) is 0.344. The van der Waals surface area contributed by atoms with Gasteiger partial charge in [0.15, 0.2) is 0 Å². The van der Waals surface area contributed by atoms with E-state index in [2.05, 4.69) is 71.7 Å². The van der Waals surface area contributed by atoms with Crippen molar-refractivity contribution in [1.29, 1.82) is 0 Å². The molecule has 0 aliphatic rings. The number of aliphatic imine (C=N–C) groups is 1. The van der Waals surface area contributed by atoms with E-state index < -0.39 is 0 Å². The number of benzene rings is 4. The zero-order valence-corrected chi connectivity index (χ0v) is 12.8. The van der Waals surface area contributed by atoms with Gasteiger partial charge in [-0.25, -0.2) is 0 Å². The molecular weight excluding hydrogens is 278 g/mol. The number of hydrogen-bond donors (Lipinski definition) is 0. The van der Waals surface area contributed by atoms with Crippen molar-refractivity contribution in [2.75, 3.05) is 0 Å². The normalized spacial score (nSPS) is 11.5. The van der Waals surface area contributed by atoms with Crippen LogP contribution in [0.2, 0.25) is 0 Å². The van der Waals surface area contributed by atoms with Gasteiger partial charge in [0.1, 0.15) is 0 Å². The number of hydrogen-bond acceptors (Lipinski definition) is 1. The predicted molar refractivity (Wildman–Crippen MR) is 99.2 cm³/mol. The van der Waals surface area contributed by atoms with E-state index in [0.717, 1.165) is 5.56 Å². The molecule has 0 atom stereocenters. The lowest BCUT2D eigenvalue weighted by Crippen LogP contribution is -1.89. The molecule has 0 spiro atoms. The average Bonchev–Trinajstić information content (AvgIpc) is 2.62. The van der Waals surface area contributed by atoms with Gasteiger partial charge in [-0.05, 0) is 38.7 Å². The van der Waals surface area contributed by atoms with E-state index >= 15 is 0 Å². The van der Waals surface area contributed by atoms with Gasteiger partial charge in [-0.1, -0.05) is 78.9 Å². The van der Waals surface area contributed by atoms with Crippen molar-refractivity contribution in [3.05, 3.63) is 96.1 Å². The Kier molecular flexibility index (Phi) is 3.61. The molecule has 4 aromatic carbocycles. The molecular formula is C22H17N. The van der Waals surface area contributed by atoms with Crippen LogP contribution >= 0.6 is 0 Å². The van der Waals surface area contributed by atoms with Crippen LogP contribution in [-0.2, 0) is 6.54 Å². The molecule has 23 heavy (non-hydrogen) atoms. The van der Waals surface area contributed by atoms with E-state index in [1.54, 1.807) is 0 Å². The van der Waals surface area contributed by atoms with Gasteiger partial charge in [0, 0.05) is 6.21 Å². The molecule has 110 valence electrons. The van der Waals surface area contributed by atoms with Crippen molar-refractivity contribution < 1.29 is 0 Å². The number of nitrogens with zero attached hydrogens (tertiary/aromatic N) is 1. The molecule has 0 N–H and O–H groups in total. The van der Waals surface area contributed by atoms with Crippen LogP contribution in [0.25, 0.3) is 21.5 Å². The second-order valence-electron chi connectivity index (χ2n) is 5.68. The van der Waals surface area contributed by atoms with Gasteiger partial charge in [0.05, 0.1) is 6.54 Å². The van der Waals surface area contributed by atoms with E-state index in [9.17, 15) is 0 Å². The first-order valence-corrected chi connectivity index (χ1v) is 7.86. The van der Waals surface area contributed by atoms with Crippen molar-refractivity contribution in [3.63, 3.8) is 0 Å². The molecule has 0 fully saturated rings. The van der Waals surface area contributed by atoms with E-state index in [-0.39, 0.29) is 0 Å². The van der Waals surface area contributed by atoms with Crippen molar-refractivity contribution >= 4 is 27.8 Å². The number of rotatable bonds is 3. The summed E-state index contributed by atoms with van der Waals surface area (Å²) in [5, 5.41) is 5.13. The minimum Gasteiger partial charge on any atom is -0.288 e. The first-order chi connectivity index (χ1) is 11.4. The first kappa shape index (κ1) is 13.7. The Balaban J connectivity index is 1.81. The Morgan fingerprint density at radius 1 is 0.652 bits per heavy atom. The second-order valence-corrected chi connectivity index (χ2v) is 5.68. The number of fused-ring (bicyclic) bond motifs is 2. The molecule has 1 heteroatoms. The maximum atomic E-state index is 4.69. The lowest BCUT2D eigenvalue weighted by atomic mass is 9.97. The third-order valence-electron chi connectivity index (χ3n) is 4.17. The van der Waals surface area contributed by atoms with Crippen LogP contribution in [-0.4, -0.2) is 6.21 Å². The third kappa shape index (κ3) is 2.74. The molecule has 0 heterocycles. The maximum absolute atomic E-state index is 4.69. The van der Waals surface area contributed by atoms with Crippen LogP contribution in [0.15, 0.2) is 89.9 Å². The topological polar surface area (TPSA) is 12.4 Å². The predicted octanol–water partition coefficient (Wildman–Crippen LogP) is 5.61. The Bertz CT molecular complexity index is 930. The summed E-state index contributed by atoms with van der Waals surface area (Å²) in [5.74, 6) is 0. The highest BCUT2D eigenvalue weighted by Crippen LogP contribution is 2.28. The Hall–Kier alpha value is -2.93. The second kappa shape index (κ2) is 6.05. The lowest BCUT2D eigenvalue weighted by molar-refractivity contribution is 1.11. The fourth-order valence-electron chi connectivity index (χ4n) is 3.06. The van der Waals surface area contributed by atoms with Gasteiger partial charge >= 0.3 is 0 Å². The highest BCUT2D eigenvalue weighted by Gasteiger charge is 2.06. The summed E-state index contributed by atoms with van der Waals surface area (Å²) in [5.41, 5.74) is 2.43. The molecule has 0 bridgehead atoms. The Morgan fingerprint density at radius 3 is 1.87 bits per heavy atom. The summed E-state index contributed by atoms with van der Waals surface area (Å²) < 4.78 is 0. The fourth-order valence-corrected chi connectivity index (χ4v) is 3.06. The molecule has 0 aliphatic carbocycles. The minimum absolute atomic E-state index is 0.691. The largest absolute Gasteiger partial charge is 0.288 e. The summed E-state index contributed by atoms with van der Waals surface area (Å²) in [6.45, 7) is 0.691. The summed E-state index contributed by atoms with van der Waals surface area (Å²) in [6.07, 6.45) is 1.95. The molecule has 4 rings (SSSR count). The van der Waals surface area contributed by atoms with Crippen LogP contribution in [0.4, 0.5) is 0 Å². The van der Waals surface area contributed by atoms with Gasteiger partial charge in [0.2, 0.25) is 0 Å². The van der Waals surface area contributed by atoms with Gasteiger partial charge < -0.3 is 0 Å². The first-order valence-electron chi connectivity index (χ1n) is 7.86. The molecule has 0 unspecified atom stereocenters. The molecule has 0 aromatic heterocycles. The summed E-state index contributed by atoms with van der Waals surface area (Å²) >= 11 is 0. The highest BCUT2D eigenvalue weighted by atomic mass is 14.7. The molecule has 0 amide bonds. The molecule has 1 nitrogen and oxygen atoms in total. The smallest absolute Gasteiger partial charge is 0.0652 e. The summed E-state index contributed by atoms with van der Waals surface area (Å²) in [7, 11) is 0. The van der Waals surface area contributed by atoms with Crippen molar-refractivity contribution in [3.8, 4) is 0 Å². The zero-order chi connectivity index (χ0) is 15.5. The standard InChI is InChI=1S/C22H17N/c1-2-8-17(9-3-1)15-23-16-22-20-12-6-4-10-18(20)14-19-11-5-7-13-21(19)22/h1-15H,16H2. The summed E-state index contributed by atoms with van der Waals surface area (Å²) in [6, 6.07) is 29.6. The lowest BCUT2D eigenvalue weighted by Gasteiger charge is -2.09. The fraction of sp³-hybridized carbons (Fsp3) is 0.0455. The van der Waals surface area contributed by atoms with Gasteiger partial charge in [-0.3, -0.25) is 4.99 Å². The molecule has 4 aromatic rings. The SMILES string of the molecule is C(=NCc1c2ccccc2cc2ccccc12)c1ccccc1. The van der Waals surface area contributed by atoms with Gasteiger partial charge in [-0.2, -0.15) is 0 Å². The Labute approximate surface area is 135 Å².